The minimum Gasteiger partial charge on any atom is -0.496 e. The van der Waals surface area contributed by atoms with Crippen LogP contribution >= 0.6 is 18.5 Å². The van der Waals surface area contributed by atoms with E-state index in [2.05, 4.69) is 37.5 Å². The van der Waals surface area contributed by atoms with Gasteiger partial charge in [-0.1, -0.05) is 56.5 Å². The molecule has 0 heterocycles. The maximum absolute atomic E-state index is 5.86. The number of benzene rings is 2. The summed E-state index contributed by atoms with van der Waals surface area (Å²) in [5, 5.41) is 2.26. The van der Waals surface area contributed by atoms with Gasteiger partial charge < -0.3 is 9.47 Å². The molecule has 130 valence electrons. The zero-order valence-electron chi connectivity index (χ0n) is 14.9. The summed E-state index contributed by atoms with van der Waals surface area (Å²) in [5.41, 5.74) is 3.43. The van der Waals surface area contributed by atoms with Crippen molar-refractivity contribution in [2.24, 2.45) is 0 Å². The summed E-state index contributed by atoms with van der Waals surface area (Å²) >= 11 is 0. The van der Waals surface area contributed by atoms with E-state index < -0.39 is 0 Å². The quantitative estimate of drug-likeness (QED) is 0.509. The summed E-state index contributed by atoms with van der Waals surface area (Å²) in [7, 11) is 9.19. The SMILES string of the molecule is CCCCCCc1c(P)c(P)c(OC)c(-c2ccccc2)c1OC. The highest BCUT2D eigenvalue weighted by Gasteiger charge is 2.22. The molecule has 0 amide bonds. The topological polar surface area (TPSA) is 18.5 Å². The van der Waals surface area contributed by atoms with Gasteiger partial charge in [0, 0.05) is 10.9 Å². The minimum atomic E-state index is 0.866. The fourth-order valence-corrected chi connectivity index (χ4v) is 3.92. The monoisotopic (exact) mass is 362 g/mol. The molecule has 0 bridgehead atoms. The number of rotatable bonds is 8. The summed E-state index contributed by atoms with van der Waals surface area (Å²) in [4.78, 5) is 0. The van der Waals surface area contributed by atoms with Crippen LogP contribution < -0.4 is 20.1 Å². The molecule has 0 N–H and O–H groups in total. The van der Waals surface area contributed by atoms with E-state index in [1.807, 2.05) is 18.2 Å². The zero-order chi connectivity index (χ0) is 17.5. The normalized spacial score (nSPS) is 10.7. The predicted octanol–water partition coefficient (Wildman–Crippen LogP) is 4.49. The van der Waals surface area contributed by atoms with Crippen LogP contribution in [0.1, 0.15) is 38.2 Å². The van der Waals surface area contributed by atoms with Crippen molar-refractivity contribution in [2.75, 3.05) is 14.2 Å². The highest BCUT2D eigenvalue weighted by Crippen LogP contribution is 2.41. The van der Waals surface area contributed by atoms with Crippen molar-refractivity contribution in [1.82, 2.24) is 0 Å². The van der Waals surface area contributed by atoms with Gasteiger partial charge in [0.1, 0.15) is 11.5 Å². The molecule has 0 radical (unpaired) electrons. The highest BCUT2D eigenvalue weighted by atomic mass is 31.0. The molecule has 0 spiro atoms. The molecule has 2 rings (SSSR count). The van der Waals surface area contributed by atoms with Crippen LogP contribution in [-0.4, -0.2) is 14.2 Å². The lowest BCUT2D eigenvalue weighted by atomic mass is 9.96. The summed E-state index contributed by atoms with van der Waals surface area (Å²) in [6.07, 6.45) is 5.98. The van der Waals surface area contributed by atoms with Gasteiger partial charge >= 0.3 is 0 Å². The molecule has 0 aliphatic heterocycles. The fourth-order valence-electron chi connectivity index (χ4n) is 3.08. The van der Waals surface area contributed by atoms with E-state index in [0.29, 0.717) is 0 Å². The van der Waals surface area contributed by atoms with Gasteiger partial charge in [0.2, 0.25) is 0 Å². The lowest BCUT2D eigenvalue weighted by molar-refractivity contribution is 0.396. The Kier molecular flexibility index (Phi) is 7.53. The Labute approximate surface area is 150 Å². The van der Waals surface area contributed by atoms with Gasteiger partial charge in [0.15, 0.2) is 0 Å². The Hall–Kier alpha value is -1.10. The molecule has 0 saturated heterocycles. The Bertz CT molecular complexity index is 669. The molecule has 0 aliphatic rings. The number of ether oxygens (including phenoxy) is 2. The smallest absolute Gasteiger partial charge is 0.138 e. The van der Waals surface area contributed by atoms with E-state index in [0.717, 1.165) is 34.4 Å². The number of hydrogen-bond acceptors (Lipinski definition) is 2. The van der Waals surface area contributed by atoms with Gasteiger partial charge in [-0.2, -0.15) is 0 Å². The lowest BCUT2D eigenvalue weighted by Crippen LogP contribution is -2.21. The maximum Gasteiger partial charge on any atom is 0.138 e. The Morgan fingerprint density at radius 2 is 1.50 bits per heavy atom. The predicted molar refractivity (Wildman–Crippen MR) is 112 cm³/mol. The second-order valence-corrected chi connectivity index (χ2v) is 7.08. The Morgan fingerprint density at radius 3 is 2.08 bits per heavy atom. The first-order chi connectivity index (χ1) is 11.7. The van der Waals surface area contributed by atoms with E-state index in [1.165, 1.54) is 36.6 Å². The minimum absolute atomic E-state index is 0.866. The molecule has 24 heavy (non-hydrogen) atoms. The lowest BCUT2D eigenvalue weighted by Gasteiger charge is -2.22. The Balaban J connectivity index is 2.57. The Morgan fingerprint density at radius 1 is 0.833 bits per heavy atom. The molecule has 2 nitrogen and oxygen atoms in total. The van der Waals surface area contributed by atoms with Crippen LogP contribution in [0.5, 0.6) is 11.5 Å². The first-order valence-electron chi connectivity index (χ1n) is 8.52. The van der Waals surface area contributed by atoms with Crippen LogP contribution in [0.2, 0.25) is 0 Å². The molecule has 2 unspecified atom stereocenters. The van der Waals surface area contributed by atoms with E-state index >= 15 is 0 Å². The molecular formula is C20H28O2P2. The third-order valence-corrected chi connectivity index (χ3v) is 5.91. The van der Waals surface area contributed by atoms with Crippen LogP contribution in [0, 0.1) is 0 Å². The van der Waals surface area contributed by atoms with Crippen LogP contribution in [0.3, 0.4) is 0 Å². The standard InChI is InChI=1S/C20H28O2P2/c1-4-5-6-10-13-15-17(21-2)16(14-11-8-7-9-12-14)18(22-3)20(24)19(15)23/h7-9,11-12H,4-6,10,13,23-24H2,1-3H3. The largest absolute Gasteiger partial charge is 0.496 e. The summed E-state index contributed by atoms with van der Waals surface area (Å²) in [5.74, 6) is 1.80. The number of methoxy groups -OCH3 is 2. The molecule has 0 fully saturated rings. The van der Waals surface area contributed by atoms with E-state index in [-0.39, 0.29) is 0 Å². The zero-order valence-corrected chi connectivity index (χ0v) is 17.2. The molecule has 0 aliphatic carbocycles. The van der Waals surface area contributed by atoms with Crippen molar-refractivity contribution in [2.45, 2.75) is 39.0 Å². The molecule has 2 atom stereocenters. The van der Waals surface area contributed by atoms with Crippen molar-refractivity contribution in [3.63, 3.8) is 0 Å². The van der Waals surface area contributed by atoms with Crippen LogP contribution in [-0.2, 0) is 6.42 Å². The molecule has 2 aromatic rings. The van der Waals surface area contributed by atoms with Crippen LogP contribution in [0.15, 0.2) is 30.3 Å². The third kappa shape index (κ3) is 4.11. The number of unbranched alkanes of at least 4 members (excludes halogenated alkanes) is 3. The summed E-state index contributed by atoms with van der Waals surface area (Å²) in [6.45, 7) is 2.24. The van der Waals surface area contributed by atoms with E-state index in [4.69, 9.17) is 9.47 Å². The molecule has 2 aromatic carbocycles. The first-order valence-corrected chi connectivity index (χ1v) is 9.68. The van der Waals surface area contributed by atoms with Gasteiger partial charge in [0.05, 0.1) is 19.8 Å². The van der Waals surface area contributed by atoms with Crippen molar-refractivity contribution < 1.29 is 9.47 Å². The van der Waals surface area contributed by atoms with Crippen molar-refractivity contribution in [3.05, 3.63) is 35.9 Å². The van der Waals surface area contributed by atoms with Gasteiger partial charge in [-0.25, -0.2) is 0 Å². The van der Waals surface area contributed by atoms with Crippen molar-refractivity contribution in [1.29, 1.82) is 0 Å². The van der Waals surface area contributed by atoms with Gasteiger partial charge in [-0.3, -0.25) is 0 Å². The van der Waals surface area contributed by atoms with Gasteiger partial charge in [-0.15, -0.1) is 18.5 Å². The molecule has 0 aromatic heterocycles. The maximum atomic E-state index is 5.86. The summed E-state index contributed by atoms with van der Waals surface area (Å²) in [6, 6.07) is 10.3. The van der Waals surface area contributed by atoms with Crippen LogP contribution in [0.4, 0.5) is 0 Å². The van der Waals surface area contributed by atoms with Crippen LogP contribution in [0.25, 0.3) is 11.1 Å². The van der Waals surface area contributed by atoms with E-state index in [1.54, 1.807) is 14.2 Å². The van der Waals surface area contributed by atoms with Gasteiger partial charge in [-0.05, 0) is 23.7 Å². The van der Waals surface area contributed by atoms with Gasteiger partial charge in [0.25, 0.3) is 0 Å². The number of hydrogen-bond donors (Lipinski definition) is 0. The second-order valence-electron chi connectivity index (χ2n) is 5.92. The fraction of sp³-hybridized carbons (Fsp3) is 0.400. The highest BCUT2D eigenvalue weighted by molar-refractivity contribution is 7.36. The molecule has 0 saturated carbocycles. The summed E-state index contributed by atoms with van der Waals surface area (Å²) < 4.78 is 11.6. The average molecular weight is 362 g/mol. The first kappa shape index (κ1) is 19.2. The van der Waals surface area contributed by atoms with E-state index in [9.17, 15) is 0 Å². The second kappa shape index (κ2) is 9.40. The third-order valence-electron chi connectivity index (χ3n) is 4.34. The molecular weight excluding hydrogens is 334 g/mol. The van der Waals surface area contributed by atoms with Crippen molar-refractivity contribution in [3.8, 4) is 22.6 Å². The molecule has 4 heteroatoms. The van der Waals surface area contributed by atoms with Crippen molar-refractivity contribution >= 4 is 29.1 Å². The average Bonchev–Trinajstić information content (AvgIpc) is 2.62.